The molecule has 0 N–H and O–H groups in total. The molecule has 3 amide bonds. The summed E-state index contributed by atoms with van der Waals surface area (Å²) in [5, 5.41) is 1.97. The molecule has 2 aromatic carbocycles. The Hall–Kier alpha value is -2.70. The van der Waals surface area contributed by atoms with Crippen molar-refractivity contribution in [3.63, 3.8) is 0 Å². The number of rotatable bonds is 4. The number of hydrogen-bond donors (Lipinski definition) is 0. The van der Waals surface area contributed by atoms with Gasteiger partial charge in [0.1, 0.15) is 5.54 Å². The predicted octanol–water partition coefficient (Wildman–Crippen LogP) is 4.61. The predicted molar refractivity (Wildman–Crippen MR) is 120 cm³/mol. The first kappa shape index (κ1) is 21.5. The molecule has 0 unspecified atom stereocenters. The number of benzene rings is 2. The Bertz CT molecular complexity index is 954. The van der Waals surface area contributed by atoms with Gasteiger partial charge in [-0.2, -0.15) is 5.06 Å². The fraction of sp³-hybridized carbons (Fsp3) is 0.440. The van der Waals surface area contributed by atoms with E-state index in [1.165, 1.54) is 4.90 Å². The van der Waals surface area contributed by atoms with E-state index in [1.54, 1.807) is 12.0 Å². The molecule has 2 fully saturated rings. The highest BCUT2D eigenvalue weighted by Gasteiger charge is 2.65. The molecule has 0 saturated carbocycles. The third kappa shape index (κ3) is 3.44. The van der Waals surface area contributed by atoms with Gasteiger partial charge in [0, 0.05) is 30.5 Å². The van der Waals surface area contributed by atoms with Gasteiger partial charge in [-0.1, -0.05) is 48.5 Å². The third-order valence-electron chi connectivity index (χ3n) is 6.47. The fourth-order valence-electron chi connectivity index (χ4n) is 5.80. The van der Waals surface area contributed by atoms with Crippen molar-refractivity contribution in [1.29, 1.82) is 0 Å². The summed E-state index contributed by atoms with van der Waals surface area (Å²) < 4.78 is 0. The molecule has 6 heteroatoms. The standard InChI is InChI=1S/C25H31N3O3/c1-23(2)17-25(18-24(3,4)28(23)31-5)21(29)27(20-14-10-7-11-15-20)22(30)26(25)16-19-12-8-6-9-13-19/h6-15H,16-18H2,1-5H3. The molecule has 2 aliphatic heterocycles. The van der Waals surface area contributed by atoms with Crippen LogP contribution >= 0.6 is 0 Å². The molecule has 6 nitrogen and oxygen atoms in total. The van der Waals surface area contributed by atoms with Crippen LogP contribution in [0, 0.1) is 0 Å². The number of nitrogens with zero attached hydrogens (tertiary/aromatic N) is 3. The maximum atomic E-state index is 14.1. The van der Waals surface area contributed by atoms with Crippen molar-refractivity contribution in [1.82, 2.24) is 9.96 Å². The number of amides is 3. The summed E-state index contributed by atoms with van der Waals surface area (Å²) in [4.78, 5) is 36.7. The van der Waals surface area contributed by atoms with Crippen molar-refractivity contribution in [2.45, 2.75) is 63.7 Å². The minimum atomic E-state index is -0.954. The number of anilines is 1. The maximum Gasteiger partial charge on any atom is 0.332 e. The van der Waals surface area contributed by atoms with Crippen LogP contribution in [0.5, 0.6) is 0 Å². The number of piperidine rings is 1. The smallest absolute Gasteiger partial charge is 0.305 e. The highest BCUT2D eigenvalue weighted by Crippen LogP contribution is 2.50. The lowest BCUT2D eigenvalue weighted by Crippen LogP contribution is -2.69. The quantitative estimate of drug-likeness (QED) is 0.677. The molecule has 2 heterocycles. The van der Waals surface area contributed by atoms with Crippen molar-refractivity contribution in [2.75, 3.05) is 12.0 Å². The van der Waals surface area contributed by atoms with Crippen LogP contribution in [0.25, 0.3) is 0 Å². The second-order valence-electron chi connectivity index (χ2n) is 9.82. The van der Waals surface area contributed by atoms with E-state index in [-0.39, 0.29) is 11.9 Å². The van der Waals surface area contributed by atoms with Crippen LogP contribution in [0.4, 0.5) is 10.5 Å². The van der Waals surface area contributed by atoms with Gasteiger partial charge in [-0.3, -0.25) is 4.79 Å². The van der Waals surface area contributed by atoms with Crippen molar-refractivity contribution in [2.24, 2.45) is 0 Å². The van der Waals surface area contributed by atoms with E-state index in [4.69, 9.17) is 4.84 Å². The normalized spacial score (nSPS) is 22.4. The van der Waals surface area contributed by atoms with E-state index in [0.29, 0.717) is 25.1 Å². The van der Waals surface area contributed by atoms with Gasteiger partial charge in [0.05, 0.1) is 12.8 Å². The molecule has 0 radical (unpaired) electrons. The largest absolute Gasteiger partial charge is 0.332 e. The average Bonchev–Trinajstić information content (AvgIpc) is 2.89. The van der Waals surface area contributed by atoms with E-state index in [2.05, 4.69) is 27.7 Å². The molecule has 164 valence electrons. The third-order valence-corrected chi connectivity index (χ3v) is 6.47. The van der Waals surface area contributed by atoms with E-state index < -0.39 is 16.6 Å². The molecule has 1 spiro atoms. The summed E-state index contributed by atoms with van der Waals surface area (Å²) in [6.45, 7) is 8.67. The number of carbonyl (C=O) groups is 2. The van der Waals surface area contributed by atoms with E-state index >= 15 is 0 Å². The molecule has 0 atom stereocenters. The van der Waals surface area contributed by atoms with Crippen LogP contribution in [-0.2, 0) is 16.2 Å². The average molecular weight is 422 g/mol. The fourth-order valence-corrected chi connectivity index (χ4v) is 5.80. The first-order valence-electron chi connectivity index (χ1n) is 10.7. The summed E-state index contributed by atoms with van der Waals surface area (Å²) in [5.41, 5.74) is -0.243. The van der Waals surface area contributed by atoms with Crippen LogP contribution < -0.4 is 4.90 Å². The summed E-state index contributed by atoms with van der Waals surface area (Å²) in [5.74, 6) is -0.156. The van der Waals surface area contributed by atoms with Gasteiger partial charge in [-0.15, -0.1) is 0 Å². The van der Waals surface area contributed by atoms with E-state index in [0.717, 1.165) is 5.56 Å². The first-order valence-corrected chi connectivity index (χ1v) is 10.7. The zero-order valence-electron chi connectivity index (χ0n) is 19.0. The van der Waals surface area contributed by atoms with Crippen LogP contribution in [0.1, 0.15) is 46.1 Å². The van der Waals surface area contributed by atoms with Crippen molar-refractivity contribution in [3.8, 4) is 0 Å². The second-order valence-corrected chi connectivity index (χ2v) is 9.82. The Morgan fingerprint density at radius 1 is 0.839 bits per heavy atom. The van der Waals surface area contributed by atoms with Crippen molar-refractivity contribution >= 4 is 17.6 Å². The van der Waals surface area contributed by atoms with Crippen molar-refractivity contribution in [3.05, 3.63) is 66.2 Å². The maximum absolute atomic E-state index is 14.1. The van der Waals surface area contributed by atoms with Gasteiger partial charge in [0.25, 0.3) is 5.91 Å². The van der Waals surface area contributed by atoms with E-state index in [1.807, 2.05) is 65.7 Å². The van der Waals surface area contributed by atoms with Gasteiger partial charge in [0.15, 0.2) is 0 Å². The summed E-state index contributed by atoms with van der Waals surface area (Å²) >= 11 is 0. The van der Waals surface area contributed by atoms with E-state index in [9.17, 15) is 9.59 Å². The van der Waals surface area contributed by atoms with Crippen molar-refractivity contribution < 1.29 is 14.4 Å². The number of hydroxylamine groups is 2. The van der Waals surface area contributed by atoms with Gasteiger partial charge < -0.3 is 9.74 Å². The molecule has 31 heavy (non-hydrogen) atoms. The zero-order chi connectivity index (χ0) is 22.4. The molecule has 2 aromatic rings. The van der Waals surface area contributed by atoms with Gasteiger partial charge >= 0.3 is 6.03 Å². The summed E-state index contributed by atoms with van der Waals surface area (Å²) in [6.07, 6.45) is 0.968. The lowest BCUT2D eigenvalue weighted by atomic mass is 9.69. The highest BCUT2D eigenvalue weighted by molar-refractivity contribution is 6.23. The van der Waals surface area contributed by atoms with Crippen LogP contribution in [0.3, 0.4) is 0 Å². The topological polar surface area (TPSA) is 53.1 Å². The monoisotopic (exact) mass is 421 g/mol. The second kappa shape index (κ2) is 7.46. The number of carbonyl (C=O) groups excluding carboxylic acids is 2. The molecular formula is C25H31N3O3. The molecule has 2 aliphatic rings. The number of urea groups is 1. The molecule has 4 rings (SSSR count). The number of hydrogen-bond acceptors (Lipinski definition) is 4. The molecule has 2 saturated heterocycles. The molecular weight excluding hydrogens is 390 g/mol. The van der Waals surface area contributed by atoms with Gasteiger partial charge in [-0.25, -0.2) is 9.69 Å². The van der Waals surface area contributed by atoms with Crippen LogP contribution in [-0.4, -0.2) is 45.6 Å². The number of imide groups is 1. The Labute approximate surface area is 184 Å². The Balaban J connectivity index is 1.84. The minimum absolute atomic E-state index is 0.156. The van der Waals surface area contributed by atoms with Gasteiger partial charge in [0.2, 0.25) is 0 Å². The summed E-state index contributed by atoms with van der Waals surface area (Å²) in [6, 6.07) is 18.8. The first-order chi connectivity index (χ1) is 14.6. The molecule has 0 aromatic heterocycles. The van der Waals surface area contributed by atoms with Crippen LogP contribution in [0.15, 0.2) is 60.7 Å². The number of para-hydroxylation sites is 1. The SMILES string of the molecule is CON1C(C)(C)CC2(CC1(C)C)C(=O)N(c1ccccc1)C(=O)N2Cc1ccccc1. The lowest BCUT2D eigenvalue weighted by molar-refractivity contribution is -0.278. The summed E-state index contributed by atoms with van der Waals surface area (Å²) in [7, 11) is 1.67. The Morgan fingerprint density at radius 3 is 1.87 bits per heavy atom. The molecule has 0 aliphatic carbocycles. The Kier molecular flexibility index (Phi) is 5.18. The zero-order valence-corrected chi connectivity index (χ0v) is 19.0. The molecule has 0 bridgehead atoms. The minimum Gasteiger partial charge on any atom is -0.305 e. The van der Waals surface area contributed by atoms with Gasteiger partial charge in [-0.05, 0) is 45.4 Å². The lowest BCUT2D eigenvalue weighted by Gasteiger charge is -2.57. The Morgan fingerprint density at radius 2 is 1.35 bits per heavy atom. The highest BCUT2D eigenvalue weighted by atomic mass is 16.7. The van der Waals surface area contributed by atoms with Crippen LogP contribution in [0.2, 0.25) is 0 Å².